The number of hydrogen-bond donors (Lipinski definition) is 1. The lowest BCUT2D eigenvalue weighted by atomic mass is 9.83. The van der Waals surface area contributed by atoms with E-state index in [4.69, 9.17) is 15.2 Å². The van der Waals surface area contributed by atoms with E-state index in [1.165, 1.54) is 5.56 Å². The van der Waals surface area contributed by atoms with Gasteiger partial charge in [0.05, 0.1) is 19.6 Å². The summed E-state index contributed by atoms with van der Waals surface area (Å²) in [6.07, 6.45) is 0. The minimum Gasteiger partial charge on any atom is -0.493 e. The van der Waals surface area contributed by atoms with Crippen LogP contribution in [0.25, 0.3) is 0 Å². The van der Waals surface area contributed by atoms with Gasteiger partial charge >= 0.3 is 0 Å². The number of methoxy groups -OCH3 is 2. The Labute approximate surface area is 179 Å². The van der Waals surface area contributed by atoms with Gasteiger partial charge in [0.1, 0.15) is 0 Å². The second-order valence-electron chi connectivity index (χ2n) is 7.92. The highest BCUT2D eigenvalue weighted by Gasteiger charge is 2.41. The molecule has 2 aromatic rings. The molecule has 1 aliphatic heterocycles. The van der Waals surface area contributed by atoms with Crippen LogP contribution in [0.15, 0.2) is 48.5 Å². The predicted octanol–water partition coefficient (Wildman–Crippen LogP) is 3.60. The van der Waals surface area contributed by atoms with Gasteiger partial charge in [0, 0.05) is 19.0 Å². The molecule has 3 rings (SSSR count). The second-order valence-corrected chi connectivity index (χ2v) is 7.92. The van der Waals surface area contributed by atoms with Crippen LogP contribution in [0.4, 0.5) is 0 Å². The first kappa shape index (κ1) is 23.0. The summed E-state index contributed by atoms with van der Waals surface area (Å²) in [5.41, 5.74) is 7.52. The minimum absolute atomic E-state index is 0. The Balaban J connectivity index is 0.00000300. The number of carbonyl (C=O) groups is 1. The smallest absolute Gasteiger partial charge is 0.232 e. The Hall–Kier alpha value is -2.24. The largest absolute Gasteiger partial charge is 0.493 e. The molecule has 29 heavy (non-hydrogen) atoms. The molecule has 6 heteroatoms. The van der Waals surface area contributed by atoms with Gasteiger partial charge in [0.15, 0.2) is 11.5 Å². The lowest BCUT2D eigenvalue weighted by Crippen LogP contribution is -2.42. The van der Waals surface area contributed by atoms with Crippen LogP contribution in [0.3, 0.4) is 0 Å². The molecule has 0 bridgehead atoms. The van der Waals surface area contributed by atoms with E-state index in [1.54, 1.807) is 14.2 Å². The maximum atomic E-state index is 13.5. The number of nitrogens with zero attached hydrogens (tertiary/aromatic N) is 1. The molecule has 0 aliphatic carbocycles. The number of rotatable bonds is 6. The molecule has 1 fully saturated rings. The highest BCUT2D eigenvalue weighted by molar-refractivity contribution is 5.88. The Kier molecular flexibility index (Phi) is 7.55. The van der Waals surface area contributed by atoms with E-state index in [0.717, 1.165) is 5.56 Å². The zero-order valence-corrected chi connectivity index (χ0v) is 18.4. The molecule has 1 amide bonds. The summed E-state index contributed by atoms with van der Waals surface area (Å²) in [5, 5.41) is 0. The van der Waals surface area contributed by atoms with Crippen LogP contribution in [0, 0.1) is 5.92 Å². The average molecular weight is 419 g/mol. The fourth-order valence-corrected chi connectivity index (χ4v) is 4.10. The summed E-state index contributed by atoms with van der Waals surface area (Å²) in [4.78, 5) is 15.4. The van der Waals surface area contributed by atoms with Crippen LogP contribution >= 0.6 is 12.4 Å². The van der Waals surface area contributed by atoms with E-state index in [1.807, 2.05) is 55.1 Å². The van der Waals surface area contributed by atoms with Crippen molar-refractivity contribution in [3.63, 3.8) is 0 Å². The van der Waals surface area contributed by atoms with Gasteiger partial charge in [-0.3, -0.25) is 4.79 Å². The normalized spacial score (nSPS) is 18.9. The van der Waals surface area contributed by atoms with Crippen molar-refractivity contribution in [1.82, 2.24) is 4.90 Å². The van der Waals surface area contributed by atoms with Crippen LogP contribution in [-0.4, -0.2) is 44.7 Å². The first-order valence-electron chi connectivity index (χ1n) is 9.69. The van der Waals surface area contributed by atoms with E-state index in [2.05, 4.69) is 12.1 Å². The lowest BCUT2D eigenvalue weighted by Gasteiger charge is -2.30. The number of benzene rings is 2. The number of carbonyl (C=O) groups excluding carboxylic acids is 1. The summed E-state index contributed by atoms with van der Waals surface area (Å²) in [5.74, 6) is 1.94. The maximum Gasteiger partial charge on any atom is 0.232 e. The van der Waals surface area contributed by atoms with Crippen LogP contribution in [0.5, 0.6) is 11.5 Å². The van der Waals surface area contributed by atoms with Gasteiger partial charge in [0.2, 0.25) is 5.91 Å². The maximum absolute atomic E-state index is 13.5. The molecule has 1 aliphatic rings. The standard InChI is InChI=1S/C23H30N2O3.ClH/c1-23(2,18-10-11-20(27-3)21(12-18)28-4)22(26)25-14-17(13-24)19(15-25)16-8-6-5-7-9-16;/h5-12,17,19H,13-15,24H2,1-4H3;1H/t17-,19+;/m1./s1. The SMILES string of the molecule is COc1ccc(C(C)(C)C(=O)N2C[C@@H](CN)[C@H](c3ccccc3)C2)cc1OC.Cl. The fourth-order valence-electron chi connectivity index (χ4n) is 4.10. The van der Waals surface area contributed by atoms with E-state index in [9.17, 15) is 4.79 Å². The van der Waals surface area contributed by atoms with Gasteiger partial charge in [-0.05, 0) is 49.6 Å². The van der Waals surface area contributed by atoms with Crippen molar-refractivity contribution < 1.29 is 14.3 Å². The third-order valence-electron chi connectivity index (χ3n) is 5.90. The molecular formula is C23H31ClN2O3. The topological polar surface area (TPSA) is 64.8 Å². The number of likely N-dealkylation sites (tertiary alicyclic amines) is 1. The molecular weight excluding hydrogens is 388 g/mol. The van der Waals surface area contributed by atoms with Crippen molar-refractivity contribution >= 4 is 18.3 Å². The summed E-state index contributed by atoms with van der Waals surface area (Å²) >= 11 is 0. The molecule has 0 radical (unpaired) electrons. The van der Waals surface area contributed by atoms with Gasteiger partial charge in [-0.25, -0.2) is 0 Å². The van der Waals surface area contributed by atoms with Crippen molar-refractivity contribution in [3.05, 3.63) is 59.7 Å². The molecule has 1 heterocycles. The molecule has 158 valence electrons. The molecule has 0 unspecified atom stereocenters. The molecule has 2 aromatic carbocycles. The summed E-state index contributed by atoms with van der Waals surface area (Å²) < 4.78 is 10.7. The average Bonchev–Trinajstić information content (AvgIpc) is 3.17. The Morgan fingerprint density at radius 1 is 1.07 bits per heavy atom. The summed E-state index contributed by atoms with van der Waals surface area (Å²) in [6.45, 7) is 5.88. The number of halogens is 1. The molecule has 1 saturated heterocycles. The van der Waals surface area contributed by atoms with E-state index < -0.39 is 5.41 Å². The van der Waals surface area contributed by atoms with Gasteiger partial charge in [-0.2, -0.15) is 0 Å². The van der Waals surface area contributed by atoms with Crippen molar-refractivity contribution in [2.45, 2.75) is 25.2 Å². The van der Waals surface area contributed by atoms with Crippen molar-refractivity contribution in [1.29, 1.82) is 0 Å². The number of nitrogens with two attached hydrogens (primary N) is 1. The monoisotopic (exact) mass is 418 g/mol. The van der Waals surface area contributed by atoms with Crippen LogP contribution in [0.1, 0.15) is 30.9 Å². The molecule has 0 spiro atoms. The summed E-state index contributed by atoms with van der Waals surface area (Å²) in [6, 6.07) is 16.0. The van der Waals surface area contributed by atoms with Gasteiger partial charge < -0.3 is 20.1 Å². The Morgan fingerprint density at radius 3 is 2.31 bits per heavy atom. The van der Waals surface area contributed by atoms with E-state index in [-0.39, 0.29) is 30.2 Å². The van der Waals surface area contributed by atoms with Gasteiger partial charge in [0.25, 0.3) is 0 Å². The highest BCUT2D eigenvalue weighted by Crippen LogP contribution is 2.37. The van der Waals surface area contributed by atoms with Crippen molar-refractivity contribution in [2.24, 2.45) is 11.7 Å². The predicted molar refractivity (Wildman–Crippen MR) is 118 cm³/mol. The summed E-state index contributed by atoms with van der Waals surface area (Å²) in [7, 11) is 3.21. The second kappa shape index (κ2) is 9.51. The molecule has 5 nitrogen and oxygen atoms in total. The molecule has 2 N–H and O–H groups in total. The quantitative estimate of drug-likeness (QED) is 0.778. The molecule has 2 atom stereocenters. The number of amides is 1. The number of hydrogen-bond acceptors (Lipinski definition) is 4. The zero-order valence-electron chi connectivity index (χ0n) is 17.6. The van der Waals surface area contributed by atoms with Crippen LogP contribution in [-0.2, 0) is 10.2 Å². The number of ether oxygens (including phenoxy) is 2. The third-order valence-corrected chi connectivity index (χ3v) is 5.90. The molecule has 0 aromatic heterocycles. The first-order chi connectivity index (χ1) is 13.4. The van der Waals surface area contributed by atoms with E-state index >= 15 is 0 Å². The van der Waals surface area contributed by atoms with Crippen LogP contribution in [0.2, 0.25) is 0 Å². The van der Waals surface area contributed by atoms with E-state index in [0.29, 0.717) is 31.1 Å². The zero-order chi connectivity index (χ0) is 20.3. The molecule has 0 saturated carbocycles. The minimum atomic E-state index is -0.676. The Bertz CT molecular complexity index is 826. The lowest BCUT2D eigenvalue weighted by molar-refractivity contribution is -0.135. The van der Waals surface area contributed by atoms with Gasteiger partial charge in [-0.15, -0.1) is 12.4 Å². The fraction of sp³-hybridized carbons (Fsp3) is 0.435. The Morgan fingerprint density at radius 2 is 1.72 bits per heavy atom. The van der Waals surface area contributed by atoms with Crippen molar-refractivity contribution in [2.75, 3.05) is 33.9 Å². The first-order valence-corrected chi connectivity index (χ1v) is 9.69. The van der Waals surface area contributed by atoms with Crippen LogP contribution < -0.4 is 15.2 Å². The van der Waals surface area contributed by atoms with Gasteiger partial charge in [-0.1, -0.05) is 36.4 Å². The highest BCUT2D eigenvalue weighted by atomic mass is 35.5. The third kappa shape index (κ3) is 4.51. The van der Waals surface area contributed by atoms with Crippen molar-refractivity contribution in [3.8, 4) is 11.5 Å².